The van der Waals surface area contributed by atoms with E-state index in [1.54, 1.807) is 36.4 Å². The molecule has 1 saturated carbocycles. The minimum atomic E-state index is -1.49. The zero-order valence-corrected chi connectivity index (χ0v) is 31.0. The average molecular weight is 761 g/mol. The minimum absolute atomic E-state index is 0.0682. The van der Waals surface area contributed by atoms with Crippen molar-refractivity contribution in [3.63, 3.8) is 0 Å². The number of allylic oxidation sites excluding steroid dienone is 2. The Balaban J connectivity index is 1.13. The van der Waals surface area contributed by atoms with Gasteiger partial charge in [-0.15, -0.1) is 0 Å². The van der Waals surface area contributed by atoms with Crippen LogP contribution in [0.4, 0.5) is 5.69 Å². The Hall–Kier alpha value is -4.76. The highest BCUT2D eigenvalue weighted by atomic mass is 35.5. The van der Waals surface area contributed by atoms with Gasteiger partial charge in [-0.3, -0.25) is 29.0 Å². The molecule has 10 heteroatoms. The Labute approximate surface area is 324 Å². The van der Waals surface area contributed by atoms with Gasteiger partial charge in [0.15, 0.2) is 0 Å². The molecule has 4 aromatic carbocycles. The average Bonchev–Trinajstić information content (AvgIpc) is 3.57. The number of fused-ring (bicyclic) bond motifs is 4. The van der Waals surface area contributed by atoms with Gasteiger partial charge in [0.1, 0.15) is 5.75 Å². The number of anilines is 1. The van der Waals surface area contributed by atoms with Gasteiger partial charge in [0.2, 0.25) is 23.6 Å². The van der Waals surface area contributed by atoms with Crippen molar-refractivity contribution in [2.24, 2.45) is 23.7 Å². The number of hydrogen-bond donors (Lipinski definition) is 1. The molecule has 0 spiro atoms. The number of amides is 4. The van der Waals surface area contributed by atoms with Crippen molar-refractivity contribution >= 4 is 52.5 Å². The van der Waals surface area contributed by atoms with Gasteiger partial charge in [0, 0.05) is 47.2 Å². The molecule has 4 fully saturated rings. The number of likely N-dealkylation sites (tertiary alicyclic amines) is 2. The summed E-state index contributed by atoms with van der Waals surface area (Å²) in [7, 11) is 0. The van der Waals surface area contributed by atoms with E-state index in [2.05, 4.69) is 17.0 Å². The molecule has 8 nitrogen and oxygen atoms in total. The SMILES string of the molecule is O=C1C2CC3C(=CCC4C(=O)N(C5CCN(Cc6ccccc6)CC5)C(=O)C43)C(c3cc(Cl)ccc3O)C2(c2ccccc2)C(=O)N1c1cccc(Cl)c1. The van der Waals surface area contributed by atoms with Crippen molar-refractivity contribution in [2.45, 2.75) is 49.6 Å². The number of carbonyl (C=O) groups excluding carboxylic acids is 4. The second-order valence-corrected chi connectivity index (χ2v) is 16.2. The lowest BCUT2D eigenvalue weighted by molar-refractivity contribution is -0.144. The van der Waals surface area contributed by atoms with Crippen molar-refractivity contribution < 1.29 is 24.3 Å². The first-order valence-electron chi connectivity index (χ1n) is 18.7. The first-order chi connectivity index (χ1) is 26.2. The summed E-state index contributed by atoms with van der Waals surface area (Å²) < 4.78 is 0. The van der Waals surface area contributed by atoms with Crippen LogP contribution in [0.15, 0.2) is 115 Å². The first kappa shape index (κ1) is 35.0. The molecule has 3 heterocycles. The molecule has 5 aliphatic rings. The molecule has 4 amide bonds. The largest absolute Gasteiger partial charge is 0.508 e. The molecule has 1 N–H and O–H groups in total. The van der Waals surface area contributed by atoms with Gasteiger partial charge < -0.3 is 5.11 Å². The summed E-state index contributed by atoms with van der Waals surface area (Å²) >= 11 is 13.0. The van der Waals surface area contributed by atoms with Gasteiger partial charge in [-0.1, -0.05) is 102 Å². The number of benzene rings is 4. The molecule has 0 radical (unpaired) electrons. The Kier molecular flexibility index (Phi) is 8.75. The van der Waals surface area contributed by atoms with Gasteiger partial charge in [0.05, 0.1) is 28.9 Å². The molecule has 0 bridgehead atoms. The lowest BCUT2D eigenvalue weighted by Crippen LogP contribution is -2.53. The lowest BCUT2D eigenvalue weighted by Gasteiger charge is -2.50. The van der Waals surface area contributed by atoms with Crippen LogP contribution in [-0.4, -0.2) is 57.7 Å². The van der Waals surface area contributed by atoms with Gasteiger partial charge in [0.25, 0.3) is 0 Å². The van der Waals surface area contributed by atoms with E-state index in [1.165, 1.54) is 21.4 Å². The topological polar surface area (TPSA) is 98.2 Å². The Morgan fingerprint density at radius 1 is 0.741 bits per heavy atom. The van der Waals surface area contributed by atoms with Crippen LogP contribution in [0.1, 0.15) is 48.3 Å². The number of halogens is 2. The molecule has 3 aliphatic heterocycles. The van der Waals surface area contributed by atoms with Gasteiger partial charge in [-0.2, -0.15) is 0 Å². The van der Waals surface area contributed by atoms with E-state index in [0.29, 0.717) is 46.1 Å². The smallest absolute Gasteiger partial charge is 0.246 e. The number of carbonyl (C=O) groups is 4. The summed E-state index contributed by atoms with van der Waals surface area (Å²) in [6.45, 7) is 2.36. The highest BCUT2D eigenvalue weighted by Crippen LogP contribution is 2.65. The summed E-state index contributed by atoms with van der Waals surface area (Å²) in [5.74, 6) is -4.83. The van der Waals surface area contributed by atoms with E-state index in [4.69, 9.17) is 23.2 Å². The second-order valence-electron chi connectivity index (χ2n) is 15.3. The molecule has 274 valence electrons. The Morgan fingerprint density at radius 2 is 1.44 bits per heavy atom. The van der Waals surface area contributed by atoms with Crippen LogP contribution < -0.4 is 4.90 Å². The summed E-state index contributed by atoms with van der Waals surface area (Å²) in [6, 6.07) is 30.8. The zero-order chi connectivity index (χ0) is 37.3. The van der Waals surface area contributed by atoms with Crippen molar-refractivity contribution in [1.82, 2.24) is 9.80 Å². The fourth-order valence-corrected chi connectivity index (χ4v) is 10.8. The summed E-state index contributed by atoms with van der Waals surface area (Å²) in [6.07, 6.45) is 3.89. The fourth-order valence-electron chi connectivity index (χ4n) is 10.4. The summed E-state index contributed by atoms with van der Waals surface area (Å²) in [5.41, 5.74) is 1.90. The van der Waals surface area contributed by atoms with Crippen LogP contribution in [0.2, 0.25) is 10.0 Å². The molecule has 9 rings (SSSR count). The predicted molar refractivity (Wildman–Crippen MR) is 206 cm³/mol. The standard InChI is InChI=1S/C44H39Cl2N3O5/c45-28-12-7-13-31(22-28)49-41(52)36-24-34-32(39(35-23-29(46)14-17-37(35)50)44(36,43(49)54)27-10-5-2-6-11-27)15-16-33-38(34)42(53)48(40(33)51)30-18-20-47(21-19-30)25-26-8-3-1-4-9-26/h1-15,17,22-23,30,33-34,36,38-39,50H,16,18-21,24-25H2. The van der Waals surface area contributed by atoms with Crippen molar-refractivity contribution in [3.8, 4) is 5.75 Å². The van der Waals surface area contributed by atoms with E-state index < -0.39 is 46.8 Å². The molecule has 54 heavy (non-hydrogen) atoms. The van der Waals surface area contributed by atoms with Gasteiger partial charge in [-0.25, -0.2) is 4.90 Å². The maximum atomic E-state index is 15.4. The number of nitrogens with zero attached hydrogens (tertiary/aromatic N) is 3. The van der Waals surface area contributed by atoms with Gasteiger partial charge in [-0.05, 0) is 79.1 Å². The maximum Gasteiger partial charge on any atom is 0.246 e. The zero-order valence-electron chi connectivity index (χ0n) is 29.5. The third-order valence-electron chi connectivity index (χ3n) is 12.7. The fraction of sp³-hybridized carbons (Fsp3) is 0.318. The predicted octanol–water partition coefficient (Wildman–Crippen LogP) is 7.53. The summed E-state index contributed by atoms with van der Waals surface area (Å²) in [4.78, 5) is 64.5. The summed E-state index contributed by atoms with van der Waals surface area (Å²) in [5, 5.41) is 12.3. The Bertz CT molecular complexity index is 2200. The third-order valence-corrected chi connectivity index (χ3v) is 13.1. The third kappa shape index (κ3) is 5.36. The molecular weight excluding hydrogens is 721 g/mol. The number of phenolic OH excluding ortho intramolecular Hbond substituents is 1. The van der Waals surface area contributed by atoms with E-state index in [-0.39, 0.29) is 30.0 Å². The monoisotopic (exact) mass is 759 g/mol. The van der Waals surface area contributed by atoms with E-state index in [1.807, 2.05) is 54.6 Å². The normalized spacial score (nSPS) is 28.6. The van der Waals surface area contributed by atoms with Crippen molar-refractivity contribution in [3.05, 3.63) is 142 Å². The number of rotatable bonds is 6. The number of phenols is 1. The maximum absolute atomic E-state index is 15.4. The van der Waals surface area contributed by atoms with E-state index in [0.717, 1.165) is 25.2 Å². The number of piperidine rings is 1. The van der Waals surface area contributed by atoms with Crippen LogP contribution >= 0.6 is 23.2 Å². The highest BCUT2D eigenvalue weighted by molar-refractivity contribution is 6.32. The molecule has 6 unspecified atom stereocenters. The van der Waals surface area contributed by atoms with Crippen LogP contribution in [-0.2, 0) is 31.1 Å². The Morgan fingerprint density at radius 3 is 2.17 bits per heavy atom. The van der Waals surface area contributed by atoms with E-state index >= 15 is 4.79 Å². The minimum Gasteiger partial charge on any atom is -0.508 e. The van der Waals surface area contributed by atoms with Crippen LogP contribution in [0.5, 0.6) is 5.75 Å². The number of imide groups is 2. The number of hydrogen-bond acceptors (Lipinski definition) is 6. The lowest BCUT2D eigenvalue weighted by atomic mass is 9.49. The molecule has 4 aromatic rings. The van der Waals surface area contributed by atoms with Crippen LogP contribution in [0, 0.1) is 23.7 Å². The van der Waals surface area contributed by atoms with Crippen molar-refractivity contribution in [1.29, 1.82) is 0 Å². The van der Waals surface area contributed by atoms with Crippen LogP contribution in [0.25, 0.3) is 0 Å². The van der Waals surface area contributed by atoms with Gasteiger partial charge >= 0.3 is 0 Å². The highest BCUT2D eigenvalue weighted by Gasteiger charge is 2.70. The molecule has 2 aliphatic carbocycles. The molecule has 6 atom stereocenters. The molecule has 0 aromatic heterocycles. The number of aromatic hydroxyl groups is 1. The van der Waals surface area contributed by atoms with E-state index in [9.17, 15) is 19.5 Å². The second kappa shape index (κ2) is 13.5. The molecular formula is C44H39Cl2N3O5. The molecule has 3 saturated heterocycles. The first-order valence-corrected chi connectivity index (χ1v) is 19.4. The quantitative estimate of drug-likeness (QED) is 0.161. The van der Waals surface area contributed by atoms with Crippen LogP contribution in [0.3, 0.4) is 0 Å². The van der Waals surface area contributed by atoms with Crippen molar-refractivity contribution in [2.75, 3.05) is 18.0 Å².